The van der Waals surface area contributed by atoms with Crippen molar-refractivity contribution in [2.24, 2.45) is 0 Å². The van der Waals surface area contributed by atoms with Gasteiger partial charge in [-0.15, -0.1) is 0 Å². The van der Waals surface area contributed by atoms with Gasteiger partial charge >= 0.3 is 0 Å². The molecule has 1 heterocycles. The van der Waals surface area contributed by atoms with Crippen LogP contribution in [0.3, 0.4) is 0 Å². The first-order valence-corrected chi connectivity index (χ1v) is 5.52. The summed E-state index contributed by atoms with van der Waals surface area (Å²) < 4.78 is 0. The van der Waals surface area contributed by atoms with Crippen molar-refractivity contribution in [2.75, 3.05) is 6.54 Å². The molecule has 88 valence electrons. The Balaban J connectivity index is 2.40. The molecule has 16 heavy (non-hydrogen) atoms. The van der Waals surface area contributed by atoms with Gasteiger partial charge in [-0.1, -0.05) is 19.9 Å². The molecule has 0 fully saturated rings. The van der Waals surface area contributed by atoms with Gasteiger partial charge in [-0.3, -0.25) is 9.78 Å². The summed E-state index contributed by atoms with van der Waals surface area (Å²) >= 11 is 0. The van der Waals surface area contributed by atoms with Crippen LogP contribution in [0.15, 0.2) is 24.5 Å². The topological polar surface area (TPSA) is 54.0 Å². The first-order chi connectivity index (χ1) is 7.59. The number of aromatic nitrogens is 1. The first kappa shape index (κ1) is 12.6. The van der Waals surface area contributed by atoms with Crippen LogP contribution >= 0.6 is 0 Å². The molecular weight excluding hydrogens is 202 g/mol. The Morgan fingerprint density at radius 3 is 2.75 bits per heavy atom. The van der Waals surface area contributed by atoms with Crippen molar-refractivity contribution in [2.45, 2.75) is 32.9 Å². The molecular formula is C12H19N3O. The number of amides is 1. The minimum absolute atomic E-state index is 0.00448. The van der Waals surface area contributed by atoms with Gasteiger partial charge in [0, 0.05) is 18.4 Å². The van der Waals surface area contributed by atoms with Crippen LogP contribution in [-0.4, -0.2) is 23.5 Å². The lowest BCUT2D eigenvalue weighted by atomic mass is 10.1. The molecule has 0 saturated carbocycles. The summed E-state index contributed by atoms with van der Waals surface area (Å²) in [5.41, 5.74) is 1.01. The second kappa shape index (κ2) is 6.23. The van der Waals surface area contributed by atoms with Crippen LogP contribution in [0.1, 0.15) is 32.4 Å². The largest absolute Gasteiger partial charge is 0.348 e. The first-order valence-electron chi connectivity index (χ1n) is 5.52. The number of carbonyl (C=O) groups is 1. The molecule has 0 aliphatic heterocycles. The summed E-state index contributed by atoms with van der Waals surface area (Å²) in [6.07, 6.45) is 3.49. The predicted octanol–water partition coefficient (Wildman–Crippen LogP) is 1.26. The molecule has 2 N–H and O–H groups in total. The summed E-state index contributed by atoms with van der Waals surface area (Å²) in [7, 11) is 0. The molecule has 0 radical (unpaired) electrons. The van der Waals surface area contributed by atoms with E-state index in [0.29, 0.717) is 12.6 Å². The molecule has 1 amide bonds. The third-order valence-electron chi connectivity index (χ3n) is 2.23. The van der Waals surface area contributed by atoms with Gasteiger partial charge in [0.05, 0.1) is 12.6 Å². The van der Waals surface area contributed by atoms with E-state index in [1.165, 1.54) is 0 Å². The number of nitrogens with one attached hydrogen (secondary N) is 2. The van der Waals surface area contributed by atoms with Crippen LogP contribution in [0.4, 0.5) is 0 Å². The Bertz CT molecular complexity index is 324. The monoisotopic (exact) mass is 221 g/mol. The van der Waals surface area contributed by atoms with E-state index in [4.69, 9.17) is 0 Å². The molecule has 0 spiro atoms. The number of pyridine rings is 1. The summed E-state index contributed by atoms with van der Waals surface area (Å²) in [5.74, 6) is 0.00468. The van der Waals surface area contributed by atoms with Crippen molar-refractivity contribution >= 4 is 5.91 Å². The third-order valence-corrected chi connectivity index (χ3v) is 2.23. The highest BCUT2D eigenvalue weighted by atomic mass is 16.1. The second-order valence-electron chi connectivity index (χ2n) is 4.11. The highest BCUT2D eigenvalue weighted by Crippen LogP contribution is 2.08. The van der Waals surface area contributed by atoms with Crippen molar-refractivity contribution in [1.29, 1.82) is 0 Å². The van der Waals surface area contributed by atoms with Crippen molar-refractivity contribution in [3.63, 3.8) is 0 Å². The van der Waals surface area contributed by atoms with E-state index >= 15 is 0 Å². The van der Waals surface area contributed by atoms with Gasteiger partial charge in [-0.25, -0.2) is 0 Å². The van der Waals surface area contributed by atoms with E-state index in [9.17, 15) is 4.79 Å². The summed E-state index contributed by atoms with van der Waals surface area (Å²) in [4.78, 5) is 15.6. The van der Waals surface area contributed by atoms with Crippen molar-refractivity contribution in [1.82, 2.24) is 15.6 Å². The maximum atomic E-state index is 11.5. The fourth-order valence-corrected chi connectivity index (χ4v) is 1.30. The van der Waals surface area contributed by atoms with Crippen LogP contribution in [0, 0.1) is 0 Å². The zero-order valence-corrected chi connectivity index (χ0v) is 10.0. The maximum Gasteiger partial charge on any atom is 0.234 e. The van der Waals surface area contributed by atoms with E-state index < -0.39 is 0 Å². The zero-order chi connectivity index (χ0) is 12.0. The SMILES string of the molecule is CC(C)NCC(=O)N[C@H](C)c1cccnc1. The quantitative estimate of drug-likeness (QED) is 0.787. The molecule has 4 heteroatoms. The number of carbonyl (C=O) groups excluding carboxylic acids is 1. The minimum Gasteiger partial charge on any atom is -0.348 e. The molecule has 0 bridgehead atoms. The highest BCUT2D eigenvalue weighted by molar-refractivity contribution is 5.78. The molecule has 0 aliphatic carbocycles. The van der Waals surface area contributed by atoms with Crippen LogP contribution in [0.25, 0.3) is 0 Å². The Labute approximate surface area is 96.5 Å². The molecule has 1 aromatic rings. The number of nitrogens with zero attached hydrogens (tertiary/aromatic N) is 1. The van der Waals surface area contributed by atoms with Gasteiger partial charge in [0.1, 0.15) is 0 Å². The lowest BCUT2D eigenvalue weighted by molar-refractivity contribution is -0.121. The fourth-order valence-electron chi connectivity index (χ4n) is 1.30. The van der Waals surface area contributed by atoms with Crippen LogP contribution in [-0.2, 0) is 4.79 Å². The Kier molecular flexibility index (Phi) is 4.92. The molecule has 1 rings (SSSR count). The number of hydrogen-bond acceptors (Lipinski definition) is 3. The molecule has 0 unspecified atom stereocenters. The standard InChI is InChI=1S/C12H19N3O/c1-9(2)14-8-12(16)15-10(3)11-5-4-6-13-7-11/h4-7,9-10,14H,8H2,1-3H3,(H,15,16)/t10-/m1/s1. The number of rotatable bonds is 5. The smallest absolute Gasteiger partial charge is 0.234 e. The average Bonchev–Trinajstić information content (AvgIpc) is 2.27. The summed E-state index contributed by atoms with van der Waals surface area (Å²) in [5, 5.41) is 5.98. The summed E-state index contributed by atoms with van der Waals surface area (Å²) in [6, 6.07) is 4.13. The van der Waals surface area contributed by atoms with Gasteiger partial charge in [0.25, 0.3) is 0 Å². The van der Waals surface area contributed by atoms with Crippen LogP contribution in [0.5, 0.6) is 0 Å². The molecule has 0 aromatic carbocycles. The molecule has 0 saturated heterocycles. The van der Waals surface area contributed by atoms with E-state index in [2.05, 4.69) is 15.6 Å². The van der Waals surface area contributed by atoms with Crippen molar-refractivity contribution in [3.8, 4) is 0 Å². The Morgan fingerprint density at radius 1 is 1.44 bits per heavy atom. The second-order valence-corrected chi connectivity index (χ2v) is 4.11. The van der Waals surface area contributed by atoms with E-state index in [0.717, 1.165) is 5.56 Å². The molecule has 4 nitrogen and oxygen atoms in total. The van der Waals surface area contributed by atoms with E-state index in [1.807, 2.05) is 32.9 Å². The normalized spacial score (nSPS) is 12.5. The van der Waals surface area contributed by atoms with Gasteiger partial charge in [0.2, 0.25) is 5.91 Å². The molecule has 1 aromatic heterocycles. The maximum absolute atomic E-state index is 11.5. The van der Waals surface area contributed by atoms with Crippen LogP contribution < -0.4 is 10.6 Å². The molecule has 1 atom stereocenters. The fraction of sp³-hybridized carbons (Fsp3) is 0.500. The molecule has 0 aliphatic rings. The van der Waals surface area contributed by atoms with Crippen molar-refractivity contribution in [3.05, 3.63) is 30.1 Å². The zero-order valence-electron chi connectivity index (χ0n) is 10.0. The number of hydrogen-bond donors (Lipinski definition) is 2. The van der Waals surface area contributed by atoms with Gasteiger partial charge < -0.3 is 10.6 Å². The van der Waals surface area contributed by atoms with Gasteiger partial charge in [-0.05, 0) is 18.6 Å². The van der Waals surface area contributed by atoms with Crippen molar-refractivity contribution < 1.29 is 4.79 Å². The third kappa shape index (κ3) is 4.40. The average molecular weight is 221 g/mol. The van der Waals surface area contributed by atoms with Gasteiger partial charge in [-0.2, -0.15) is 0 Å². The Morgan fingerprint density at radius 2 is 2.19 bits per heavy atom. The predicted molar refractivity (Wildman–Crippen MR) is 63.9 cm³/mol. The lowest BCUT2D eigenvalue weighted by Crippen LogP contribution is -2.37. The van der Waals surface area contributed by atoms with E-state index in [1.54, 1.807) is 12.4 Å². The highest BCUT2D eigenvalue weighted by Gasteiger charge is 2.09. The van der Waals surface area contributed by atoms with Gasteiger partial charge in [0.15, 0.2) is 0 Å². The summed E-state index contributed by atoms with van der Waals surface area (Å²) in [6.45, 7) is 6.32. The Hall–Kier alpha value is -1.42. The van der Waals surface area contributed by atoms with E-state index in [-0.39, 0.29) is 11.9 Å². The lowest BCUT2D eigenvalue weighted by Gasteiger charge is -2.15. The van der Waals surface area contributed by atoms with Crippen LogP contribution in [0.2, 0.25) is 0 Å². The minimum atomic E-state index is -0.00448.